The number of carbonyl (C=O) groups is 1. The number of H-pyrrole nitrogens is 2. The van der Waals surface area contributed by atoms with Crippen LogP contribution in [0.3, 0.4) is 0 Å². The highest BCUT2D eigenvalue weighted by molar-refractivity contribution is 5.92. The maximum atomic E-state index is 11.7. The summed E-state index contributed by atoms with van der Waals surface area (Å²) in [6.07, 6.45) is 0. The lowest BCUT2D eigenvalue weighted by atomic mass is 10.3. The average Bonchev–Trinajstić information content (AvgIpc) is 2.40. The molecule has 12 heteroatoms. The molecule has 110 valence electrons. The lowest BCUT2D eigenvalue weighted by Gasteiger charge is -2.08. The van der Waals surface area contributed by atoms with Crippen LogP contribution in [-0.4, -0.2) is 43.0 Å². The molecule has 0 aliphatic carbocycles. The van der Waals surface area contributed by atoms with Crippen molar-refractivity contribution in [2.75, 3.05) is 23.4 Å². The minimum absolute atomic E-state index is 0.114. The van der Waals surface area contributed by atoms with Crippen LogP contribution in [-0.2, 0) is 0 Å². The number of nitrogen functional groups attached to an aromatic ring is 1. The van der Waals surface area contributed by atoms with Crippen molar-refractivity contribution in [2.45, 2.75) is 0 Å². The number of carboxylic acids is 1. The molecule has 0 spiro atoms. The number of nitrogens with one attached hydrogen (secondary N) is 4. The number of hydrogen-bond acceptors (Lipinski definition) is 9. The molecule has 2 rings (SSSR count). The van der Waals surface area contributed by atoms with Crippen LogP contribution in [0.25, 0.3) is 0 Å². The molecule has 0 atom stereocenters. The second kappa shape index (κ2) is 5.28. The summed E-state index contributed by atoms with van der Waals surface area (Å²) in [6, 6.07) is 0. The standard InChI is InChI=1S/C9H10N8O4/c1-11-7-15-6(10)16-8(17-7)12-2-3(5(19)20)13-9(21)14-4(2)18/h1H3,(H,19,20)(H2,13,14,18,21)(H4,10,11,12,15,16,17). The van der Waals surface area contributed by atoms with Gasteiger partial charge in [0, 0.05) is 7.05 Å². The molecule has 0 unspecified atom stereocenters. The fraction of sp³-hybridized carbons (Fsp3) is 0.111. The quantitative estimate of drug-likeness (QED) is 0.379. The highest BCUT2D eigenvalue weighted by atomic mass is 16.4. The van der Waals surface area contributed by atoms with Crippen molar-refractivity contribution in [3.63, 3.8) is 0 Å². The third-order valence-corrected chi connectivity index (χ3v) is 2.27. The molecular formula is C9H10N8O4. The van der Waals surface area contributed by atoms with Gasteiger partial charge in [0.1, 0.15) is 5.69 Å². The fourth-order valence-electron chi connectivity index (χ4n) is 1.44. The van der Waals surface area contributed by atoms with Gasteiger partial charge in [0.25, 0.3) is 5.56 Å². The van der Waals surface area contributed by atoms with Crippen LogP contribution in [0, 0.1) is 0 Å². The predicted octanol–water partition coefficient (Wildman–Crippen LogP) is -1.69. The van der Waals surface area contributed by atoms with Gasteiger partial charge in [-0.25, -0.2) is 9.59 Å². The first kappa shape index (κ1) is 14.0. The molecule has 0 bridgehead atoms. The van der Waals surface area contributed by atoms with E-state index in [2.05, 4.69) is 25.6 Å². The summed E-state index contributed by atoms with van der Waals surface area (Å²) in [7, 11) is 1.54. The molecule has 0 amide bonds. The van der Waals surface area contributed by atoms with Crippen molar-refractivity contribution >= 4 is 29.5 Å². The minimum atomic E-state index is -1.50. The van der Waals surface area contributed by atoms with Crippen molar-refractivity contribution in [2.24, 2.45) is 0 Å². The first-order valence-electron chi connectivity index (χ1n) is 5.47. The predicted molar refractivity (Wildman–Crippen MR) is 71.7 cm³/mol. The summed E-state index contributed by atoms with van der Waals surface area (Å²) in [4.78, 5) is 49.0. The Hall–Kier alpha value is -3.44. The van der Waals surface area contributed by atoms with E-state index >= 15 is 0 Å². The molecule has 0 saturated heterocycles. The van der Waals surface area contributed by atoms with Crippen molar-refractivity contribution in [3.8, 4) is 0 Å². The molecule has 2 aromatic heterocycles. The first-order valence-corrected chi connectivity index (χ1v) is 5.47. The van der Waals surface area contributed by atoms with Crippen molar-refractivity contribution < 1.29 is 9.90 Å². The van der Waals surface area contributed by atoms with Crippen LogP contribution >= 0.6 is 0 Å². The average molecular weight is 294 g/mol. The second-order valence-electron chi connectivity index (χ2n) is 3.68. The Morgan fingerprint density at radius 3 is 2.48 bits per heavy atom. The van der Waals surface area contributed by atoms with Crippen molar-refractivity contribution in [1.82, 2.24) is 24.9 Å². The van der Waals surface area contributed by atoms with Gasteiger partial charge in [-0.05, 0) is 0 Å². The summed E-state index contributed by atoms with van der Waals surface area (Å²) in [5, 5.41) is 14.0. The monoisotopic (exact) mass is 294 g/mol. The van der Waals surface area contributed by atoms with Crippen LogP contribution in [0.4, 0.5) is 23.5 Å². The number of aromatic amines is 2. The molecule has 0 aliphatic rings. The van der Waals surface area contributed by atoms with E-state index in [9.17, 15) is 14.4 Å². The summed E-state index contributed by atoms with van der Waals surface area (Å²) in [5.41, 5.74) is 2.49. The zero-order valence-electron chi connectivity index (χ0n) is 10.6. The SMILES string of the molecule is CNc1nc(N)nc(Nc2c(C(=O)O)[nH]c(=O)[nH]c2=O)n1. The van der Waals surface area contributed by atoms with Crippen molar-refractivity contribution in [3.05, 3.63) is 26.5 Å². The maximum Gasteiger partial charge on any atom is 0.354 e. The van der Waals surface area contributed by atoms with Gasteiger partial charge in [0.15, 0.2) is 5.69 Å². The lowest BCUT2D eigenvalue weighted by molar-refractivity contribution is 0.0691. The molecule has 0 aromatic carbocycles. The van der Waals surface area contributed by atoms with E-state index in [4.69, 9.17) is 10.8 Å². The second-order valence-corrected chi connectivity index (χ2v) is 3.68. The van der Waals surface area contributed by atoms with Crippen LogP contribution in [0.2, 0.25) is 0 Å². The number of carboxylic acid groups (broad SMARTS) is 1. The number of rotatable bonds is 4. The van der Waals surface area contributed by atoms with Gasteiger partial charge in [-0.1, -0.05) is 0 Å². The molecule has 0 fully saturated rings. The zero-order chi connectivity index (χ0) is 15.6. The molecule has 2 heterocycles. The Labute approximate surface area is 115 Å². The molecule has 21 heavy (non-hydrogen) atoms. The topological polar surface area (TPSA) is 192 Å². The third kappa shape index (κ3) is 2.94. The van der Waals surface area contributed by atoms with E-state index < -0.39 is 28.6 Å². The molecule has 0 saturated carbocycles. The van der Waals surface area contributed by atoms with Crippen LogP contribution in [0.1, 0.15) is 10.5 Å². The van der Waals surface area contributed by atoms with Crippen LogP contribution < -0.4 is 27.6 Å². The third-order valence-electron chi connectivity index (χ3n) is 2.27. The fourth-order valence-corrected chi connectivity index (χ4v) is 1.44. The number of nitrogens with zero attached hydrogens (tertiary/aromatic N) is 3. The van der Waals surface area contributed by atoms with Gasteiger partial charge in [0.2, 0.25) is 17.8 Å². The number of anilines is 4. The maximum absolute atomic E-state index is 11.7. The lowest BCUT2D eigenvalue weighted by Crippen LogP contribution is -2.29. The van der Waals surface area contributed by atoms with Gasteiger partial charge in [-0.15, -0.1) is 0 Å². The van der Waals surface area contributed by atoms with E-state index in [1.807, 2.05) is 9.97 Å². The molecule has 0 aliphatic heterocycles. The van der Waals surface area contributed by atoms with Gasteiger partial charge in [-0.2, -0.15) is 15.0 Å². The van der Waals surface area contributed by atoms with Crippen LogP contribution in [0.5, 0.6) is 0 Å². The zero-order valence-corrected chi connectivity index (χ0v) is 10.6. The molecule has 2 aromatic rings. The van der Waals surface area contributed by atoms with Gasteiger partial charge in [0.05, 0.1) is 0 Å². The normalized spacial score (nSPS) is 10.1. The van der Waals surface area contributed by atoms with Crippen molar-refractivity contribution in [1.29, 1.82) is 0 Å². The van der Waals surface area contributed by atoms with E-state index in [-0.39, 0.29) is 17.8 Å². The van der Waals surface area contributed by atoms with E-state index in [0.29, 0.717) is 0 Å². The molecule has 7 N–H and O–H groups in total. The largest absolute Gasteiger partial charge is 0.477 e. The molecule has 12 nitrogen and oxygen atoms in total. The van der Waals surface area contributed by atoms with E-state index in [0.717, 1.165) is 0 Å². The number of aromatic carboxylic acids is 1. The first-order chi connectivity index (χ1) is 9.90. The Morgan fingerprint density at radius 2 is 1.86 bits per heavy atom. The smallest absolute Gasteiger partial charge is 0.354 e. The van der Waals surface area contributed by atoms with Gasteiger partial charge < -0.3 is 21.5 Å². The number of hydrogen-bond donors (Lipinski definition) is 6. The minimum Gasteiger partial charge on any atom is -0.477 e. The van der Waals surface area contributed by atoms with Gasteiger partial charge >= 0.3 is 11.7 Å². The Kier molecular flexibility index (Phi) is 3.51. The summed E-state index contributed by atoms with van der Waals surface area (Å²) in [5.74, 6) is -1.69. The Bertz CT molecular complexity index is 810. The Balaban J connectivity index is 2.54. The highest BCUT2D eigenvalue weighted by Crippen LogP contribution is 2.13. The number of aromatic nitrogens is 5. The summed E-state index contributed by atoms with van der Waals surface area (Å²) >= 11 is 0. The number of nitrogens with two attached hydrogens (primary N) is 1. The van der Waals surface area contributed by atoms with E-state index in [1.54, 1.807) is 0 Å². The summed E-state index contributed by atoms with van der Waals surface area (Å²) in [6.45, 7) is 0. The molecule has 0 radical (unpaired) electrons. The Morgan fingerprint density at radius 1 is 1.19 bits per heavy atom. The van der Waals surface area contributed by atoms with E-state index in [1.165, 1.54) is 7.05 Å². The van der Waals surface area contributed by atoms with Gasteiger partial charge in [-0.3, -0.25) is 14.8 Å². The highest BCUT2D eigenvalue weighted by Gasteiger charge is 2.17. The molecular weight excluding hydrogens is 284 g/mol. The van der Waals surface area contributed by atoms with Crippen LogP contribution in [0.15, 0.2) is 9.59 Å². The summed E-state index contributed by atoms with van der Waals surface area (Å²) < 4.78 is 0.